The second-order valence-electron chi connectivity index (χ2n) is 5.93. The quantitative estimate of drug-likeness (QED) is 0.873. The Morgan fingerprint density at radius 1 is 1.12 bits per heavy atom. The molecule has 1 N–H and O–H groups in total. The van der Waals surface area contributed by atoms with E-state index in [1.165, 1.54) is 14.2 Å². The van der Waals surface area contributed by atoms with Crippen molar-refractivity contribution in [3.8, 4) is 11.5 Å². The first-order valence-corrected chi connectivity index (χ1v) is 8.48. The second-order valence-corrected chi connectivity index (χ2v) is 6.36. The van der Waals surface area contributed by atoms with Gasteiger partial charge in [0.2, 0.25) is 5.91 Å². The zero-order valence-corrected chi connectivity index (χ0v) is 15.2. The highest BCUT2D eigenvalue weighted by Crippen LogP contribution is 2.28. The molecule has 1 heterocycles. The van der Waals surface area contributed by atoms with Crippen molar-refractivity contribution < 1.29 is 19.1 Å². The summed E-state index contributed by atoms with van der Waals surface area (Å²) in [5.41, 5.74) is 1.21. The van der Waals surface area contributed by atoms with E-state index in [2.05, 4.69) is 5.32 Å². The van der Waals surface area contributed by atoms with Crippen molar-refractivity contribution in [3.63, 3.8) is 0 Å². The molecule has 2 amide bonds. The number of benzene rings is 2. The molecule has 0 saturated carbocycles. The summed E-state index contributed by atoms with van der Waals surface area (Å²) in [6.45, 7) is 0.416. The standard InChI is InChI=1S/C19H19ClN2O4/c1-25-16-8-3-12(9-17(16)26-2)19(24)21-14-10-18(23)22(11-14)15-6-4-13(20)5-7-15/h3-9,14H,10-11H2,1-2H3,(H,21,24). The number of ether oxygens (including phenoxy) is 2. The Labute approximate surface area is 156 Å². The number of carbonyl (C=O) groups excluding carboxylic acids is 2. The number of hydrogen-bond donors (Lipinski definition) is 1. The summed E-state index contributed by atoms with van der Waals surface area (Å²) >= 11 is 5.89. The van der Waals surface area contributed by atoms with Crippen molar-refractivity contribution in [2.45, 2.75) is 12.5 Å². The minimum Gasteiger partial charge on any atom is -0.493 e. The predicted molar refractivity (Wildman–Crippen MR) is 99.2 cm³/mol. The van der Waals surface area contributed by atoms with E-state index in [0.717, 1.165) is 5.69 Å². The first-order chi connectivity index (χ1) is 12.5. The second kappa shape index (κ2) is 7.66. The Balaban J connectivity index is 1.69. The monoisotopic (exact) mass is 374 g/mol. The lowest BCUT2D eigenvalue weighted by Gasteiger charge is -2.17. The Bertz CT molecular complexity index is 823. The molecular weight excluding hydrogens is 356 g/mol. The number of nitrogens with zero attached hydrogens (tertiary/aromatic N) is 1. The third-order valence-corrected chi connectivity index (χ3v) is 4.50. The third-order valence-electron chi connectivity index (χ3n) is 4.24. The van der Waals surface area contributed by atoms with Crippen LogP contribution >= 0.6 is 11.6 Å². The molecule has 0 bridgehead atoms. The summed E-state index contributed by atoms with van der Waals surface area (Å²) < 4.78 is 10.4. The molecule has 6 nitrogen and oxygen atoms in total. The van der Waals surface area contributed by atoms with Crippen LogP contribution < -0.4 is 19.7 Å². The Hall–Kier alpha value is -2.73. The van der Waals surface area contributed by atoms with Crippen LogP contribution in [0.15, 0.2) is 42.5 Å². The van der Waals surface area contributed by atoms with Gasteiger partial charge in [-0.2, -0.15) is 0 Å². The maximum Gasteiger partial charge on any atom is 0.251 e. The summed E-state index contributed by atoms with van der Waals surface area (Å²) in [5, 5.41) is 3.51. The number of halogens is 1. The van der Waals surface area contributed by atoms with Gasteiger partial charge >= 0.3 is 0 Å². The van der Waals surface area contributed by atoms with Gasteiger partial charge in [0.15, 0.2) is 11.5 Å². The average Bonchev–Trinajstić information content (AvgIpc) is 3.01. The minimum absolute atomic E-state index is 0.0371. The van der Waals surface area contributed by atoms with Gasteiger partial charge in [-0.1, -0.05) is 11.6 Å². The molecule has 1 unspecified atom stereocenters. The molecule has 1 atom stereocenters. The number of amides is 2. The van der Waals surface area contributed by atoms with Gasteiger partial charge in [-0.15, -0.1) is 0 Å². The topological polar surface area (TPSA) is 67.9 Å². The highest BCUT2D eigenvalue weighted by Gasteiger charge is 2.31. The van der Waals surface area contributed by atoms with Crippen molar-refractivity contribution in [1.29, 1.82) is 0 Å². The van der Waals surface area contributed by atoms with E-state index in [-0.39, 0.29) is 24.3 Å². The van der Waals surface area contributed by atoms with Gasteiger partial charge in [-0.05, 0) is 42.5 Å². The van der Waals surface area contributed by atoms with Gasteiger partial charge < -0.3 is 19.7 Å². The fraction of sp³-hybridized carbons (Fsp3) is 0.263. The highest BCUT2D eigenvalue weighted by molar-refractivity contribution is 6.30. The van der Waals surface area contributed by atoms with Crippen LogP contribution in [-0.4, -0.2) is 38.6 Å². The number of rotatable bonds is 5. The molecule has 2 aromatic carbocycles. The number of anilines is 1. The molecule has 1 saturated heterocycles. The maximum atomic E-state index is 12.5. The third kappa shape index (κ3) is 3.75. The summed E-state index contributed by atoms with van der Waals surface area (Å²) in [6, 6.07) is 11.7. The Morgan fingerprint density at radius 2 is 1.81 bits per heavy atom. The first-order valence-electron chi connectivity index (χ1n) is 8.10. The molecule has 136 valence electrons. The van der Waals surface area contributed by atoms with Crippen LogP contribution in [-0.2, 0) is 4.79 Å². The predicted octanol–water partition coefficient (Wildman–Crippen LogP) is 2.89. The summed E-state index contributed by atoms with van der Waals surface area (Å²) in [6.07, 6.45) is 0.252. The number of nitrogens with one attached hydrogen (secondary N) is 1. The van der Waals surface area contributed by atoms with Gasteiger partial charge in [0.05, 0.1) is 20.3 Å². The molecule has 26 heavy (non-hydrogen) atoms. The van der Waals surface area contributed by atoms with Crippen LogP contribution in [0.1, 0.15) is 16.8 Å². The van der Waals surface area contributed by atoms with Gasteiger partial charge in [0, 0.05) is 29.2 Å². The van der Waals surface area contributed by atoms with Crippen molar-refractivity contribution in [2.24, 2.45) is 0 Å². The molecule has 3 rings (SSSR count). The van der Waals surface area contributed by atoms with Crippen molar-refractivity contribution >= 4 is 29.1 Å². The minimum atomic E-state index is -0.265. The summed E-state index contributed by atoms with van der Waals surface area (Å²) in [5.74, 6) is 0.728. The van der Waals surface area contributed by atoms with E-state index < -0.39 is 0 Å². The first kappa shape index (κ1) is 18.1. The molecule has 2 aromatic rings. The smallest absolute Gasteiger partial charge is 0.251 e. The lowest BCUT2D eigenvalue weighted by molar-refractivity contribution is -0.117. The van der Waals surface area contributed by atoms with Crippen LogP contribution in [0.4, 0.5) is 5.69 Å². The van der Waals surface area contributed by atoms with Crippen molar-refractivity contribution in [1.82, 2.24) is 5.32 Å². The molecule has 0 spiro atoms. The number of methoxy groups -OCH3 is 2. The van der Waals surface area contributed by atoms with Gasteiger partial charge in [-0.3, -0.25) is 9.59 Å². The Kier molecular flexibility index (Phi) is 5.32. The largest absolute Gasteiger partial charge is 0.493 e. The molecule has 1 fully saturated rings. The SMILES string of the molecule is COc1ccc(C(=O)NC2CC(=O)N(c3ccc(Cl)cc3)C2)cc1OC. The van der Waals surface area contributed by atoms with Crippen LogP contribution in [0.25, 0.3) is 0 Å². The van der Waals surface area contributed by atoms with Crippen LogP contribution in [0.2, 0.25) is 5.02 Å². The van der Waals surface area contributed by atoms with Crippen LogP contribution in [0, 0.1) is 0 Å². The molecule has 0 aromatic heterocycles. The zero-order valence-electron chi connectivity index (χ0n) is 14.5. The van der Waals surface area contributed by atoms with Crippen molar-refractivity contribution in [2.75, 3.05) is 25.7 Å². The molecular formula is C19H19ClN2O4. The number of hydrogen-bond acceptors (Lipinski definition) is 4. The molecule has 1 aliphatic rings. The van der Waals surface area contributed by atoms with E-state index in [9.17, 15) is 9.59 Å². The van der Waals surface area contributed by atoms with E-state index >= 15 is 0 Å². The summed E-state index contributed by atoms with van der Waals surface area (Å²) in [4.78, 5) is 26.4. The molecule has 0 radical (unpaired) electrons. The lowest BCUT2D eigenvalue weighted by Crippen LogP contribution is -2.37. The lowest BCUT2D eigenvalue weighted by atomic mass is 10.1. The van der Waals surface area contributed by atoms with Gasteiger partial charge in [0.25, 0.3) is 5.91 Å². The van der Waals surface area contributed by atoms with E-state index in [4.69, 9.17) is 21.1 Å². The fourth-order valence-corrected chi connectivity index (χ4v) is 3.05. The van der Waals surface area contributed by atoms with E-state index in [1.54, 1.807) is 47.4 Å². The van der Waals surface area contributed by atoms with Crippen molar-refractivity contribution in [3.05, 3.63) is 53.1 Å². The molecule has 7 heteroatoms. The zero-order chi connectivity index (χ0) is 18.7. The van der Waals surface area contributed by atoms with Crippen LogP contribution in [0.3, 0.4) is 0 Å². The van der Waals surface area contributed by atoms with Gasteiger partial charge in [-0.25, -0.2) is 0 Å². The fourth-order valence-electron chi connectivity index (χ4n) is 2.92. The molecule has 1 aliphatic heterocycles. The normalized spacial score (nSPS) is 16.5. The maximum absolute atomic E-state index is 12.5. The Morgan fingerprint density at radius 3 is 2.46 bits per heavy atom. The average molecular weight is 375 g/mol. The van der Waals surface area contributed by atoms with Gasteiger partial charge in [0.1, 0.15) is 0 Å². The van der Waals surface area contributed by atoms with E-state index in [1.807, 2.05) is 0 Å². The van der Waals surface area contributed by atoms with Crippen LogP contribution in [0.5, 0.6) is 11.5 Å². The summed E-state index contributed by atoms with van der Waals surface area (Å²) in [7, 11) is 3.05. The number of carbonyl (C=O) groups is 2. The molecule has 0 aliphatic carbocycles. The van der Waals surface area contributed by atoms with E-state index in [0.29, 0.717) is 28.6 Å². The highest BCUT2D eigenvalue weighted by atomic mass is 35.5.